The van der Waals surface area contributed by atoms with E-state index in [1.165, 1.54) is 5.01 Å². The highest BCUT2D eigenvalue weighted by Crippen LogP contribution is 2.08. The Kier molecular flexibility index (Phi) is 3.40. The predicted molar refractivity (Wildman–Crippen MR) is 57.7 cm³/mol. The maximum Gasteiger partial charge on any atom is 0.180 e. The number of benzene rings is 1. The third kappa shape index (κ3) is 2.42. The molecular weight excluding hydrogens is 196 g/mol. The van der Waals surface area contributed by atoms with Crippen molar-refractivity contribution in [3.63, 3.8) is 0 Å². The molecule has 1 rings (SSSR count). The molecule has 72 valence electrons. The normalized spacial score (nSPS) is 9.14. The number of rotatable bonds is 2. The monoisotopic (exact) mass is 206 g/mol. The van der Waals surface area contributed by atoms with Crippen LogP contribution in [-0.4, -0.2) is 10.1 Å². The molecule has 1 aromatic rings. The van der Waals surface area contributed by atoms with Crippen molar-refractivity contribution < 1.29 is 0 Å². The number of nitriles is 1. The lowest BCUT2D eigenvalue weighted by Gasteiger charge is -2.16. The van der Waals surface area contributed by atoms with Crippen LogP contribution in [0, 0.1) is 11.3 Å². The Balaban J connectivity index is 2.87. The zero-order valence-electron chi connectivity index (χ0n) is 7.47. The minimum absolute atomic E-state index is 0.109. The molecule has 0 heterocycles. The summed E-state index contributed by atoms with van der Waals surface area (Å²) in [7, 11) is 0. The summed E-state index contributed by atoms with van der Waals surface area (Å²) in [6.07, 6.45) is 0. The molecule has 0 aliphatic rings. The van der Waals surface area contributed by atoms with Crippen molar-refractivity contribution in [1.29, 1.82) is 5.26 Å². The lowest BCUT2D eigenvalue weighted by Crippen LogP contribution is -2.40. The topological polar surface area (TPSA) is 79.1 Å². The standard InChI is InChI=1S/C9H10N4S/c10-5-7-3-1-2-4-8(7)6-13(12)9(11)14/h1-4H,6,12H2,(H2,11,14). The Morgan fingerprint density at radius 2 is 2.14 bits per heavy atom. The highest BCUT2D eigenvalue weighted by Gasteiger charge is 2.05. The number of hydrogen-bond acceptors (Lipinski definition) is 3. The van der Waals surface area contributed by atoms with Gasteiger partial charge in [0.05, 0.1) is 18.2 Å². The van der Waals surface area contributed by atoms with Gasteiger partial charge in [0.15, 0.2) is 5.11 Å². The van der Waals surface area contributed by atoms with Crippen LogP contribution in [0.4, 0.5) is 0 Å². The maximum absolute atomic E-state index is 8.80. The summed E-state index contributed by atoms with van der Waals surface area (Å²) >= 11 is 4.69. The van der Waals surface area contributed by atoms with E-state index in [1.54, 1.807) is 12.1 Å². The van der Waals surface area contributed by atoms with Gasteiger partial charge < -0.3 is 5.73 Å². The van der Waals surface area contributed by atoms with Gasteiger partial charge in [-0.05, 0) is 23.8 Å². The molecule has 0 unspecified atom stereocenters. The SMILES string of the molecule is N#Cc1ccccc1CN(N)C(N)=S. The molecule has 0 radical (unpaired) electrons. The highest BCUT2D eigenvalue weighted by molar-refractivity contribution is 7.80. The Bertz CT molecular complexity index is 383. The molecule has 0 amide bonds. The Labute approximate surface area is 87.7 Å². The summed E-state index contributed by atoms with van der Waals surface area (Å²) in [5.41, 5.74) is 6.72. The van der Waals surface area contributed by atoms with Crippen LogP contribution in [-0.2, 0) is 6.54 Å². The minimum atomic E-state index is 0.109. The summed E-state index contributed by atoms with van der Waals surface area (Å²) in [5, 5.41) is 10.1. The van der Waals surface area contributed by atoms with E-state index < -0.39 is 0 Å². The third-order valence-electron chi connectivity index (χ3n) is 1.76. The van der Waals surface area contributed by atoms with Crippen LogP contribution in [0.5, 0.6) is 0 Å². The smallest absolute Gasteiger partial charge is 0.180 e. The number of hydrazine groups is 1. The average Bonchev–Trinajstić information content (AvgIpc) is 2.18. The summed E-state index contributed by atoms with van der Waals surface area (Å²) < 4.78 is 0. The van der Waals surface area contributed by atoms with Crippen molar-refractivity contribution in [2.45, 2.75) is 6.54 Å². The second kappa shape index (κ2) is 4.56. The Morgan fingerprint density at radius 1 is 1.50 bits per heavy atom. The van der Waals surface area contributed by atoms with E-state index in [-0.39, 0.29) is 5.11 Å². The van der Waals surface area contributed by atoms with E-state index in [0.717, 1.165) is 5.56 Å². The number of hydrogen-bond donors (Lipinski definition) is 2. The largest absolute Gasteiger partial charge is 0.375 e. The van der Waals surface area contributed by atoms with Crippen molar-refractivity contribution in [2.75, 3.05) is 0 Å². The van der Waals surface area contributed by atoms with Gasteiger partial charge in [-0.3, -0.25) is 5.01 Å². The fourth-order valence-corrected chi connectivity index (χ4v) is 1.09. The van der Waals surface area contributed by atoms with Gasteiger partial charge >= 0.3 is 0 Å². The molecule has 14 heavy (non-hydrogen) atoms. The van der Waals surface area contributed by atoms with Gasteiger partial charge in [0.25, 0.3) is 0 Å². The summed E-state index contributed by atoms with van der Waals surface area (Å²) in [5.74, 6) is 5.53. The molecular formula is C9H10N4S. The van der Waals surface area contributed by atoms with Gasteiger partial charge in [-0.2, -0.15) is 5.26 Å². The van der Waals surface area contributed by atoms with Gasteiger partial charge in [0.1, 0.15) is 0 Å². The van der Waals surface area contributed by atoms with Gasteiger partial charge in [-0.25, -0.2) is 5.84 Å². The zero-order valence-corrected chi connectivity index (χ0v) is 8.29. The molecule has 0 bridgehead atoms. The van der Waals surface area contributed by atoms with E-state index in [0.29, 0.717) is 12.1 Å². The first-order valence-electron chi connectivity index (χ1n) is 3.95. The van der Waals surface area contributed by atoms with E-state index in [2.05, 4.69) is 6.07 Å². The fraction of sp³-hybridized carbons (Fsp3) is 0.111. The molecule has 0 saturated heterocycles. The van der Waals surface area contributed by atoms with Crippen LogP contribution >= 0.6 is 12.2 Å². The summed E-state index contributed by atoms with van der Waals surface area (Å²) in [6.45, 7) is 0.346. The number of nitrogens with two attached hydrogens (primary N) is 2. The van der Waals surface area contributed by atoms with E-state index in [1.807, 2.05) is 12.1 Å². The van der Waals surface area contributed by atoms with Crippen molar-refractivity contribution in [3.8, 4) is 6.07 Å². The number of thiocarbonyl (C=S) groups is 1. The van der Waals surface area contributed by atoms with Gasteiger partial charge in [-0.15, -0.1) is 0 Å². The molecule has 0 aromatic heterocycles. The second-order valence-corrected chi connectivity index (χ2v) is 3.15. The Morgan fingerprint density at radius 3 is 2.71 bits per heavy atom. The molecule has 0 fully saturated rings. The van der Waals surface area contributed by atoms with Gasteiger partial charge in [0.2, 0.25) is 0 Å². The lowest BCUT2D eigenvalue weighted by atomic mass is 10.1. The fourth-order valence-electron chi connectivity index (χ4n) is 1.03. The van der Waals surface area contributed by atoms with Crippen LogP contribution < -0.4 is 11.6 Å². The Hall–Kier alpha value is -1.64. The molecule has 0 aliphatic carbocycles. The first-order chi connectivity index (χ1) is 6.65. The number of nitrogens with zero attached hydrogens (tertiary/aromatic N) is 2. The van der Waals surface area contributed by atoms with Gasteiger partial charge in [0, 0.05) is 0 Å². The van der Waals surface area contributed by atoms with Crippen LogP contribution in [0.2, 0.25) is 0 Å². The van der Waals surface area contributed by atoms with Crippen molar-refractivity contribution in [2.24, 2.45) is 11.6 Å². The quantitative estimate of drug-likeness (QED) is 0.418. The first-order valence-corrected chi connectivity index (χ1v) is 4.35. The van der Waals surface area contributed by atoms with Crippen molar-refractivity contribution in [1.82, 2.24) is 5.01 Å². The second-order valence-electron chi connectivity index (χ2n) is 2.74. The third-order valence-corrected chi connectivity index (χ3v) is 2.00. The minimum Gasteiger partial charge on any atom is -0.375 e. The van der Waals surface area contributed by atoms with E-state index in [9.17, 15) is 0 Å². The molecule has 0 atom stereocenters. The highest BCUT2D eigenvalue weighted by atomic mass is 32.1. The average molecular weight is 206 g/mol. The van der Waals surface area contributed by atoms with Crippen LogP contribution in [0.15, 0.2) is 24.3 Å². The molecule has 4 nitrogen and oxygen atoms in total. The van der Waals surface area contributed by atoms with Crippen molar-refractivity contribution in [3.05, 3.63) is 35.4 Å². The van der Waals surface area contributed by atoms with Crippen molar-refractivity contribution >= 4 is 17.3 Å². The molecule has 0 aliphatic heterocycles. The molecule has 5 heteroatoms. The maximum atomic E-state index is 8.80. The van der Waals surface area contributed by atoms with E-state index >= 15 is 0 Å². The van der Waals surface area contributed by atoms with Crippen LogP contribution in [0.25, 0.3) is 0 Å². The zero-order chi connectivity index (χ0) is 10.6. The lowest BCUT2D eigenvalue weighted by molar-refractivity contribution is 0.437. The van der Waals surface area contributed by atoms with E-state index in [4.69, 9.17) is 29.1 Å². The molecule has 1 aromatic carbocycles. The molecule has 0 saturated carbocycles. The van der Waals surface area contributed by atoms with Gasteiger partial charge in [-0.1, -0.05) is 18.2 Å². The molecule has 4 N–H and O–H groups in total. The predicted octanol–water partition coefficient (Wildman–Crippen LogP) is 0.478. The first kappa shape index (κ1) is 10.4. The summed E-state index contributed by atoms with van der Waals surface area (Å²) in [4.78, 5) is 0. The summed E-state index contributed by atoms with van der Waals surface area (Å²) in [6, 6.07) is 9.25. The van der Waals surface area contributed by atoms with Crippen LogP contribution in [0.3, 0.4) is 0 Å². The van der Waals surface area contributed by atoms with Crippen LogP contribution in [0.1, 0.15) is 11.1 Å². The molecule has 0 spiro atoms.